The third-order valence-electron chi connectivity index (χ3n) is 2.65. The molecule has 0 fully saturated rings. The first kappa shape index (κ1) is 12.8. The van der Waals surface area contributed by atoms with Crippen molar-refractivity contribution in [3.63, 3.8) is 0 Å². The van der Waals surface area contributed by atoms with Gasteiger partial charge in [-0.2, -0.15) is 0 Å². The molecule has 1 N–H and O–H groups in total. The van der Waals surface area contributed by atoms with E-state index in [-0.39, 0.29) is 5.91 Å². The Morgan fingerprint density at radius 2 is 2.00 bits per heavy atom. The molecule has 1 rings (SSSR count). The average molecular weight is 219 g/mol. The fourth-order valence-electron chi connectivity index (χ4n) is 1.62. The molecule has 1 amide bonds. The van der Waals surface area contributed by atoms with Gasteiger partial charge in [0.05, 0.1) is 0 Å². The molecule has 0 aliphatic heterocycles. The molecule has 16 heavy (non-hydrogen) atoms. The van der Waals surface area contributed by atoms with Crippen molar-refractivity contribution in [1.29, 1.82) is 0 Å². The maximum Gasteiger partial charge on any atom is 0.251 e. The zero-order valence-corrected chi connectivity index (χ0v) is 10.4. The van der Waals surface area contributed by atoms with Crippen molar-refractivity contribution in [2.24, 2.45) is 5.92 Å². The minimum atomic E-state index is 0.0538. The van der Waals surface area contributed by atoms with E-state index in [4.69, 9.17) is 0 Å². The number of benzene rings is 1. The third-order valence-corrected chi connectivity index (χ3v) is 2.65. The second kappa shape index (κ2) is 6.31. The quantitative estimate of drug-likeness (QED) is 0.810. The van der Waals surface area contributed by atoms with Crippen molar-refractivity contribution in [2.45, 2.75) is 33.6 Å². The van der Waals surface area contributed by atoms with Crippen molar-refractivity contribution in [2.75, 3.05) is 6.54 Å². The number of nitrogens with one attached hydrogen (secondary N) is 1. The number of rotatable bonds is 5. The molecule has 0 heterocycles. The predicted molar refractivity (Wildman–Crippen MR) is 67.6 cm³/mol. The van der Waals surface area contributed by atoms with Gasteiger partial charge in [-0.25, -0.2) is 0 Å². The van der Waals surface area contributed by atoms with Crippen molar-refractivity contribution < 1.29 is 4.79 Å². The normalized spacial score (nSPS) is 10.5. The van der Waals surface area contributed by atoms with Crippen molar-refractivity contribution in [3.8, 4) is 0 Å². The van der Waals surface area contributed by atoms with Crippen molar-refractivity contribution in [1.82, 2.24) is 5.32 Å². The monoisotopic (exact) mass is 219 g/mol. The minimum Gasteiger partial charge on any atom is -0.352 e. The molecule has 1 aromatic rings. The summed E-state index contributed by atoms with van der Waals surface area (Å²) in [4.78, 5) is 11.9. The van der Waals surface area contributed by atoms with Gasteiger partial charge in [-0.1, -0.05) is 39.0 Å². The van der Waals surface area contributed by atoms with Gasteiger partial charge >= 0.3 is 0 Å². The molecule has 0 saturated heterocycles. The first-order chi connectivity index (χ1) is 7.65. The zero-order chi connectivity index (χ0) is 12.0. The topological polar surface area (TPSA) is 29.1 Å². The van der Waals surface area contributed by atoms with E-state index in [9.17, 15) is 4.79 Å². The van der Waals surface area contributed by atoms with E-state index in [0.29, 0.717) is 5.92 Å². The van der Waals surface area contributed by atoms with Crippen LogP contribution >= 0.6 is 0 Å². The lowest BCUT2D eigenvalue weighted by atomic mass is 10.0. The van der Waals surface area contributed by atoms with Crippen LogP contribution in [0.1, 0.15) is 43.1 Å². The molecule has 0 atom stereocenters. The second-order valence-corrected chi connectivity index (χ2v) is 4.45. The molecule has 0 aliphatic carbocycles. The number of carbonyl (C=O) groups excluding carboxylic acids is 1. The summed E-state index contributed by atoms with van der Waals surface area (Å²) < 4.78 is 0. The number of amides is 1. The van der Waals surface area contributed by atoms with Crippen LogP contribution in [0.5, 0.6) is 0 Å². The van der Waals surface area contributed by atoms with E-state index < -0.39 is 0 Å². The van der Waals surface area contributed by atoms with Crippen LogP contribution < -0.4 is 5.32 Å². The molecule has 2 heteroatoms. The van der Waals surface area contributed by atoms with Crippen LogP contribution in [-0.2, 0) is 6.42 Å². The van der Waals surface area contributed by atoms with Crippen LogP contribution in [0.2, 0.25) is 0 Å². The largest absolute Gasteiger partial charge is 0.352 e. The summed E-state index contributed by atoms with van der Waals surface area (Å²) in [5.74, 6) is 0.680. The molecular weight excluding hydrogens is 198 g/mol. The molecule has 0 unspecified atom stereocenters. The third kappa shape index (κ3) is 3.69. The summed E-state index contributed by atoms with van der Waals surface area (Å²) in [6, 6.07) is 7.79. The summed E-state index contributed by atoms with van der Waals surface area (Å²) in [5.41, 5.74) is 1.93. The van der Waals surface area contributed by atoms with Gasteiger partial charge in [0.1, 0.15) is 0 Å². The highest BCUT2D eigenvalue weighted by atomic mass is 16.1. The zero-order valence-electron chi connectivity index (χ0n) is 10.4. The molecule has 88 valence electrons. The highest BCUT2D eigenvalue weighted by Crippen LogP contribution is 2.09. The van der Waals surface area contributed by atoms with E-state index in [2.05, 4.69) is 26.1 Å². The first-order valence-corrected chi connectivity index (χ1v) is 6.01. The fourth-order valence-corrected chi connectivity index (χ4v) is 1.62. The number of carbonyl (C=O) groups is 1. The summed E-state index contributed by atoms with van der Waals surface area (Å²) in [5, 5.41) is 2.97. The van der Waals surface area contributed by atoms with Crippen LogP contribution in [0.25, 0.3) is 0 Å². The summed E-state index contributed by atoms with van der Waals surface area (Å²) in [6.07, 6.45) is 1.92. The SMILES string of the molecule is CCc1ccccc1C(=O)NCCC(C)C. The first-order valence-electron chi connectivity index (χ1n) is 6.01. The number of hydrogen-bond acceptors (Lipinski definition) is 1. The summed E-state index contributed by atoms with van der Waals surface area (Å²) in [7, 11) is 0. The number of aryl methyl sites for hydroxylation is 1. The summed E-state index contributed by atoms with van der Waals surface area (Å²) in [6.45, 7) is 7.15. The van der Waals surface area contributed by atoms with Gasteiger partial charge in [0, 0.05) is 12.1 Å². The van der Waals surface area contributed by atoms with Gasteiger partial charge in [-0.05, 0) is 30.4 Å². The Balaban J connectivity index is 2.59. The van der Waals surface area contributed by atoms with E-state index in [1.807, 2.05) is 24.3 Å². The lowest BCUT2D eigenvalue weighted by molar-refractivity contribution is 0.0951. The van der Waals surface area contributed by atoms with E-state index in [1.165, 1.54) is 0 Å². The predicted octanol–water partition coefficient (Wildman–Crippen LogP) is 3.02. The highest BCUT2D eigenvalue weighted by Gasteiger charge is 2.08. The van der Waals surface area contributed by atoms with E-state index in [0.717, 1.165) is 30.5 Å². The van der Waals surface area contributed by atoms with Crippen LogP contribution in [0.3, 0.4) is 0 Å². The smallest absolute Gasteiger partial charge is 0.251 e. The molecule has 0 spiro atoms. The van der Waals surface area contributed by atoms with Gasteiger partial charge in [0.15, 0.2) is 0 Å². The molecule has 0 aromatic heterocycles. The Labute approximate surface area is 98.1 Å². The maximum absolute atomic E-state index is 11.9. The van der Waals surface area contributed by atoms with Gasteiger partial charge in [0.25, 0.3) is 5.91 Å². The maximum atomic E-state index is 11.9. The Morgan fingerprint density at radius 1 is 1.31 bits per heavy atom. The van der Waals surface area contributed by atoms with Crippen molar-refractivity contribution >= 4 is 5.91 Å². The highest BCUT2D eigenvalue weighted by molar-refractivity contribution is 5.95. The lowest BCUT2D eigenvalue weighted by Gasteiger charge is -2.09. The summed E-state index contributed by atoms with van der Waals surface area (Å²) >= 11 is 0. The van der Waals surface area contributed by atoms with Crippen LogP contribution in [-0.4, -0.2) is 12.5 Å². The molecule has 0 bridgehead atoms. The fraction of sp³-hybridized carbons (Fsp3) is 0.500. The Hall–Kier alpha value is -1.31. The molecule has 2 nitrogen and oxygen atoms in total. The molecule has 1 aromatic carbocycles. The van der Waals surface area contributed by atoms with Gasteiger partial charge in [-0.15, -0.1) is 0 Å². The van der Waals surface area contributed by atoms with Gasteiger partial charge in [-0.3, -0.25) is 4.79 Å². The minimum absolute atomic E-state index is 0.0538. The van der Waals surface area contributed by atoms with Crippen LogP contribution in [0, 0.1) is 5.92 Å². The van der Waals surface area contributed by atoms with Gasteiger partial charge < -0.3 is 5.32 Å². The number of hydrogen-bond donors (Lipinski definition) is 1. The van der Waals surface area contributed by atoms with E-state index >= 15 is 0 Å². The standard InChI is InChI=1S/C14H21NO/c1-4-12-7-5-6-8-13(12)14(16)15-10-9-11(2)3/h5-8,11H,4,9-10H2,1-3H3,(H,15,16). The second-order valence-electron chi connectivity index (χ2n) is 4.45. The molecule has 0 saturated carbocycles. The van der Waals surface area contributed by atoms with Crippen molar-refractivity contribution in [3.05, 3.63) is 35.4 Å². The molecule has 0 radical (unpaired) electrons. The van der Waals surface area contributed by atoms with Crippen LogP contribution in [0.15, 0.2) is 24.3 Å². The van der Waals surface area contributed by atoms with Crippen LogP contribution in [0.4, 0.5) is 0 Å². The Bertz CT molecular complexity index is 344. The lowest BCUT2D eigenvalue weighted by Crippen LogP contribution is -2.26. The average Bonchev–Trinajstić information content (AvgIpc) is 2.28. The van der Waals surface area contributed by atoms with E-state index in [1.54, 1.807) is 0 Å². The molecular formula is C14H21NO. The Morgan fingerprint density at radius 3 is 2.62 bits per heavy atom. The molecule has 0 aliphatic rings. The Kier molecular flexibility index (Phi) is 5.03. The van der Waals surface area contributed by atoms with Gasteiger partial charge in [0.2, 0.25) is 0 Å².